The third-order valence-corrected chi connectivity index (χ3v) is 3.63. The molecule has 0 bridgehead atoms. The van der Waals surface area contributed by atoms with E-state index in [0.29, 0.717) is 13.2 Å². The van der Waals surface area contributed by atoms with Crippen LogP contribution in [0.3, 0.4) is 0 Å². The summed E-state index contributed by atoms with van der Waals surface area (Å²) in [7, 11) is 0. The Morgan fingerprint density at radius 2 is 2.27 bits per heavy atom. The van der Waals surface area contributed by atoms with E-state index >= 15 is 0 Å². The van der Waals surface area contributed by atoms with E-state index in [0.717, 1.165) is 3.79 Å². The van der Waals surface area contributed by atoms with Gasteiger partial charge in [-0.1, -0.05) is 0 Å². The fourth-order valence-electron chi connectivity index (χ4n) is 1.05. The van der Waals surface area contributed by atoms with Gasteiger partial charge >= 0.3 is 0 Å². The molecule has 2 nitrogen and oxygen atoms in total. The van der Waals surface area contributed by atoms with Gasteiger partial charge in [-0.3, -0.25) is 0 Å². The molecule has 1 saturated heterocycles. The summed E-state index contributed by atoms with van der Waals surface area (Å²) >= 11 is 5.08. The molecule has 2 rings (SSSR count). The van der Waals surface area contributed by atoms with Gasteiger partial charge in [-0.25, -0.2) is 0 Å². The van der Waals surface area contributed by atoms with E-state index in [9.17, 15) is 0 Å². The van der Waals surface area contributed by atoms with Gasteiger partial charge in [-0.15, -0.1) is 11.3 Å². The second-order valence-electron chi connectivity index (χ2n) is 2.75. The molecule has 0 saturated carbocycles. The largest absolute Gasteiger partial charge is 0.377 e. The van der Waals surface area contributed by atoms with Crippen molar-refractivity contribution in [2.45, 2.75) is 5.54 Å². The molecule has 2 heterocycles. The quantitative estimate of drug-likeness (QED) is 0.802. The van der Waals surface area contributed by atoms with Crippen LogP contribution in [0.15, 0.2) is 15.9 Å². The van der Waals surface area contributed by atoms with E-state index < -0.39 is 0 Å². The Balaban J connectivity index is 2.28. The minimum Gasteiger partial charge on any atom is -0.377 e. The summed E-state index contributed by atoms with van der Waals surface area (Å²) in [5.41, 5.74) is 5.80. The topological polar surface area (TPSA) is 35.2 Å². The Morgan fingerprint density at radius 3 is 2.64 bits per heavy atom. The van der Waals surface area contributed by atoms with Crippen LogP contribution < -0.4 is 5.73 Å². The highest BCUT2D eigenvalue weighted by Crippen LogP contribution is 2.34. The average Bonchev–Trinajstić information content (AvgIpc) is 2.31. The highest BCUT2D eigenvalue weighted by Gasteiger charge is 2.37. The number of hydrogen-bond donors (Lipinski definition) is 1. The minimum absolute atomic E-state index is 0.198. The van der Waals surface area contributed by atoms with E-state index in [1.807, 2.05) is 6.07 Å². The lowest BCUT2D eigenvalue weighted by atomic mass is 9.97. The summed E-state index contributed by atoms with van der Waals surface area (Å²) in [5, 5.41) is 0. The van der Waals surface area contributed by atoms with Gasteiger partial charge in [0.2, 0.25) is 0 Å². The van der Waals surface area contributed by atoms with Gasteiger partial charge in [0.05, 0.1) is 22.5 Å². The molecule has 1 aromatic rings. The lowest BCUT2D eigenvalue weighted by Crippen LogP contribution is -2.53. The van der Waals surface area contributed by atoms with Crippen molar-refractivity contribution >= 4 is 27.3 Å². The van der Waals surface area contributed by atoms with Gasteiger partial charge in [-0.05, 0) is 28.1 Å². The maximum absolute atomic E-state index is 6.00. The van der Waals surface area contributed by atoms with Crippen LogP contribution in [0.1, 0.15) is 4.88 Å². The molecule has 1 aromatic heterocycles. The molecule has 0 aliphatic carbocycles. The van der Waals surface area contributed by atoms with E-state index in [1.165, 1.54) is 4.88 Å². The summed E-state index contributed by atoms with van der Waals surface area (Å²) < 4.78 is 6.20. The highest BCUT2D eigenvalue weighted by molar-refractivity contribution is 9.11. The van der Waals surface area contributed by atoms with Crippen molar-refractivity contribution < 1.29 is 4.74 Å². The van der Waals surface area contributed by atoms with Crippen LogP contribution in [-0.4, -0.2) is 13.2 Å². The maximum atomic E-state index is 6.00. The summed E-state index contributed by atoms with van der Waals surface area (Å²) in [5.74, 6) is 0. The van der Waals surface area contributed by atoms with Crippen molar-refractivity contribution in [2.75, 3.05) is 13.2 Å². The molecular formula is C7H8BrNOS. The molecule has 0 radical (unpaired) electrons. The van der Waals surface area contributed by atoms with Crippen LogP contribution in [0.25, 0.3) is 0 Å². The Hall–Kier alpha value is 0.1000. The summed E-state index contributed by atoms with van der Waals surface area (Å²) in [6.07, 6.45) is 0. The predicted molar refractivity (Wildman–Crippen MR) is 48.7 cm³/mol. The Labute approximate surface area is 77.5 Å². The van der Waals surface area contributed by atoms with Crippen LogP contribution in [0.2, 0.25) is 0 Å². The van der Waals surface area contributed by atoms with Gasteiger partial charge in [-0.2, -0.15) is 0 Å². The second-order valence-corrected chi connectivity index (χ2v) is 5.22. The van der Waals surface area contributed by atoms with Gasteiger partial charge in [0.25, 0.3) is 0 Å². The SMILES string of the molecule is NC1(c2ccc(Br)s2)COC1. The number of nitrogens with two attached hydrogens (primary N) is 1. The monoisotopic (exact) mass is 233 g/mol. The fourth-order valence-corrected chi connectivity index (χ4v) is 2.50. The van der Waals surface area contributed by atoms with Crippen LogP contribution in [0, 0.1) is 0 Å². The van der Waals surface area contributed by atoms with E-state index in [2.05, 4.69) is 22.0 Å². The highest BCUT2D eigenvalue weighted by atomic mass is 79.9. The number of hydrogen-bond acceptors (Lipinski definition) is 3. The van der Waals surface area contributed by atoms with E-state index in [-0.39, 0.29) is 5.54 Å². The maximum Gasteiger partial charge on any atom is 0.0976 e. The molecule has 11 heavy (non-hydrogen) atoms. The van der Waals surface area contributed by atoms with Crippen molar-refractivity contribution in [1.29, 1.82) is 0 Å². The average molecular weight is 234 g/mol. The van der Waals surface area contributed by atoms with Gasteiger partial charge in [0.1, 0.15) is 0 Å². The molecular weight excluding hydrogens is 226 g/mol. The van der Waals surface area contributed by atoms with Crippen LogP contribution in [0.4, 0.5) is 0 Å². The molecule has 1 aliphatic rings. The first kappa shape index (κ1) is 7.73. The number of thiophene rings is 1. The number of halogens is 1. The van der Waals surface area contributed by atoms with Crippen molar-refractivity contribution in [3.05, 3.63) is 20.8 Å². The van der Waals surface area contributed by atoms with Gasteiger partial charge < -0.3 is 10.5 Å². The molecule has 2 N–H and O–H groups in total. The lowest BCUT2D eigenvalue weighted by Gasteiger charge is -2.36. The van der Waals surface area contributed by atoms with Crippen molar-refractivity contribution in [1.82, 2.24) is 0 Å². The molecule has 1 fully saturated rings. The first-order valence-electron chi connectivity index (χ1n) is 3.33. The molecule has 4 heteroatoms. The second kappa shape index (κ2) is 2.55. The first-order valence-corrected chi connectivity index (χ1v) is 4.94. The molecule has 0 atom stereocenters. The Kier molecular flexibility index (Phi) is 1.79. The predicted octanol–water partition coefficient (Wildman–Crippen LogP) is 1.69. The summed E-state index contributed by atoms with van der Waals surface area (Å²) in [4.78, 5) is 1.20. The molecule has 0 spiro atoms. The zero-order valence-corrected chi connectivity index (χ0v) is 8.24. The van der Waals surface area contributed by atoms with E-state index in [1.54, 1.807) is 11.3 Å². The first-order chi connectivity index (χ1) is 5.21. The summed E-state index contributed by atoms with van der Waals surface area (Å²) in [6.45, 7) is 1.31. The fraction of sp³-hybridized carbons (Fsp3) is 0.429. The molecule has 0 unspecified atom stereocenters. The standard InChI is InChI=1S/C7H8BrNOS/c8-6-2-1-5(11-6)7(9)3-10-4-7/h1-2H,3-4,9H2. The summed E-state index contributed by atoms with van der Waals surface area (Å²) in [6, 6.07) is 4.07. The van der Waals surface area contributed by atoms with Crippen molar-refractivity contribution in [2.24, 2.45) is 5.73 Å². The number of rotatable bonds is 1. The molecule has 60 valence electrons. The van der Waals surface area contributed by atoms with Crippen LogP contribution in [-0.2, 0) is 10.3 Å². The molecule has 0 aromatic carbocycles. The lowest BCUT2D eigenvalue weighted by molar-refractivity contribution is -0.0550. The normalized spacial score (nSPS) is 21.3. The van der Waals surface area contributed by atoms with Crippen LogP contribution >= 0.6 is 27.3 Å². The van der Waals surface area contributed by atoms with Gasteiger partial charge in [0.15, 0.2) is 0 Å². The van der Waals surface area contributed by atoms with Crippen molar-refractivity contribution in [3.63, 3.8) is 0 Å². The van der Waals surface area contributed by atoms with E-state index in [4.69, 9.17) is 10.5 Å². The third kappa shape index (κ3) is 1.24. The smallest absolute Gasteiger partial charge is 0.0976 e. The van der Waals surface area contributed by atoms with Crippen molar-refractivity contribution in [3.8, 4) is 0 Å². The van der Waals surface area contributed by atoms with Crippen LogP contribution in [0.5, 0.6) is 0 Å². The van der Waals surface area contributed by atoms with Gasteiger partial charge in [0, 0.05) is 4.88 Å². The zero-order valence-electron chi connectivity index (χ0n) is 5.84. The third-order valence-electron chi connectivity index (χ3n) is 1.78. The molecule has 1 aliphatic heterocycles. The zero-order chi connectivity index (χ0) is 7.90. The molecule has 0 amide bonds. The Morgan fingerprint density at radius 1 is 1.55 bits per heavy atom. The Bertz CT molecular complexity index is 269. The minimum atomic E-state index is -0.198. The number of ether oxygens (including phenoxy) is 1.